The Morgan fingerprint density at radius 1 is 1.08 bits per heavy atom. The number of hydrazine groups is 1. The molecule has 0 saturated heterocycles. The van der Waals surface area contributed by atoms with Crippen LogP contribution in [0.15, 0.2) is 35.1 Å². The van der Waals surface area contributed by atoms with Crippen molar-refractivity contribution in [2.45, 2.75) is 26.8 Å². The Morgan fingerprint density at radius 2 is 1.68 bits per heavy atom. The number of thiocarbonyl (C=S) groups is 2. The van der Waals surface area contributed by atoms with Crippen LogP contribution in [-0.2, 0) is 7.05 Å². The average molecular weight is 379 g/mol. The number of rotatable bonds is 3. The van der Waals surface area contributed by atoms with Crippen molar-refractivity contribution in [2.75, 3.05) is 5.32 Å². The molecular weight excluding hydrogens is 356 g/mol. The van der Waals surface area contributed by atoms with E-state index in [2.05, 4.69) is 21.5 Å². The summed E-state index contributed by atoms with van der Waals surface area (Å²) >= 11 is 10.3. The van der Waals surface area contributed by atoms with Gasteiger partial charge in [-0.15, -0.1) is 0 Å². The van der Waals surface area contributed by atoms with Crippen LogP contribution < -0.4 is 27.0 Å². The number of nitrogens with one attached hydrogen (secondary N) is 4. The van der Waals surface area contributed by atoms with Crippen LogP contribution in [0.25, 0.3) is 5.69 Å². The SMILES string of the molecule is Cc1c(NC(=S)NNC(=S)NC(C)C)c(=O)n(-c2ccccc2)n1C. The molecule has 0 radical (unpaired) electrons. The van der Waals surface area contributed by atoms with Crippen LogP contribution >= 0.6 is 24.4 Å². The van der Waals surface area contributed by atoms with Gasteiger partial charge in [-0.1, -0.05) is 18.2 Å². The molecule has 134 valence electrons. The molecule has 1 aromatic heterocycles. The van der Waals surface area contributed by atoms with Gasteiger partial charge in [-0.2, -0.15) is 0 Å². The minimum Gasteiger partial charge on any atom is -0.359 e. The second-order valence-electron chi connectivity index (χ2n) is 5.77. The lowest BCUT2D eigenvalue weighted by Crippen LogP contribution is -2.50. The van der Waals surface area contributed by atoms with E-state index in [-0.39, 0.29) is 16.7 Å². The van der Waals surface area contributed by atoms with Crippen molar-refractivity contribution in [2.24, 2.45) is 7.05 Å². The van der Waals surface area contributed by atoms with Gasteiger partial charge in [-0.3, -0.25) is 20.3 Å². The second-order valence-corrected chi connectivity index (χ2v) is 6.59. The normalized spacial score (nSPS) is 10.4. The lowest BCUT2D eigenvalue weighted by atomic mass is 10.3. The first-order valence-corrected chi connectivity index (χ1v) is 8.60. The maximum Gasteiger partial charge on any atom is 0.295 e. The number of para-hydroxylation sites is 1. The van der Waals surface area contributed by atoms with E-state index in [0.29, 0.717) is 10.8 Å². The van der Waals surface area contributed by atoms with Crippen molar-refractivity contribution in [3.05, 3.63) is 46.4 Å². The van der Waals surface area contributed by atoms with Gasteiger partial charge in [0.05, 0.1) is 11.4 Å². The van der Waals surface area contributed by atoms with Crippen LogP contribution in [0.2, 0.25) is 0 Å². The lowest BCUT2D eigenvalue weighted by Gasteiger charge is -2.15. The molecule has 4 N–H and O–H groups in total. The number of nitrogens with zero attached hydrogens (tertiary/aromatic N) is 2. The van der Waals surface area contributed by atoms with E-state index in [1.165, 1.54) is 0 Å². The monoisotopic (exact) mass is 378 g/mol. The Balaban J connectivity index is 2.14. The number of hydrogen-bond donors (Lipinski definition) is 4. The summed E-state index contributed by atoms with van der Waals surface area (Å²) < 4.78 is 3.36. The van der Waals surface area contributed by atoms with Crippen molar-refractivity contribution in [1.82, 2.24) is 25.5 Å². The molecule has 0 aliphatic heterocycles. The molecule has 0 saturated carbocycles. The predicted molar refractivity (Wildman–Crippen MR) is 109 cm³/mol. The van der Waals surface area contributed by atoms with Gasteiger partial charge in [-0.25, -0.2) is 4.68 Å². The largest absolute Gasteiger partial charge is 0.359 e. The Hall–Kier alpha value is -2.39. The predicted octanol–water partition coefficient (Wildman–Crippen LogP) is 1.56. The van der Waals surface area contributed by atoms with Crippen LogP contribution in [0.3, 0.4) is 0 Å². The molecule has 0 bridgehead atoms. The smallest absolute Gasteiger partial charge is 0.295 e. The van der Waals surface area contributed by atoms with Crippen LogP contribution in [0.4, 0.5) is 5.69 Å². The highest BCUT2D eigenvalue weighted by molar-refractivity contribution is 7.80. The summed E-state index contributed by atoms with van der Waals surface area (Å²) in [6.07, 6.45) is 0. The summed E-state index contributed by atoms with van der Waals surface area (Å²) in [6, 6.07) is 9.63. The third-order valence-electron chi connectivity index (χ3n) is 3.50. The van der Waals surface area contributed by atoms with Crippen molar-refractivity contribution in [1.29, 1.82) is 0 Å². The van der Waals surface area contributed by atoms with Gasteiger partial charge >= 0.3 is 0 Å². The summed E-state index contributed by atoms with van der Waals surface area (Å²) in [5.74, 6) is 0. The molecule has 2 rings (SSSR count). The zero-order valence-corrected chi connectivity index (χ0v) is 16.2. The number of aromatic nitrogens is 2. The van der Waals surface area contributed by atoms with Gasteiger partial charge in [0.2, 0.25) is 0 Å². The van der Waals surface area contributed by atoms with E-state index in [1.807, 2.05) is 58.2 Å². The van der Waals surface area contributed by atoms with Gasteiger partial charge in [0.15, 0.2) is 10.2 Å². The quantitative estimate of drug-likeness (QED) is 0.477. The van der Waals surface area contributed by atoms with Gasteiger partial charge in [-0.05, 0) is 57.3 Å². The molecular formula is C16H22N6OS2. The first-order chi connectivity index (χ1) is 11.8. The number of benzene rings is 1. The maximum atomic E-state index is 12.8. The van der Waals surface area contributed by atoms with Crippen LogP contribution in [0, 0.1) is 6.92 Å². The second kappa shape index (κ2) is 8.13. The Bertz CT molecular complexity index is 825. The minimum absolute atomic E-state index is 0.182. The lowest BCUT2D eigenvalue weighted by molar-refractivity contribution is 0.630. The zero-order valence-electron chi connectivity index (χ0n) is 14.6. The van der Waals surface area contributed by atoms with E-state index in [4.69, 9.17) is 24.4 Å². The fourth-order valence-electron chi connectivity index (χ4n) is 2.27. The molecule has 0 atom stereocenters. The molecule has 2 aromatic rings. The topological polar surface area (TPSA) is 75.1 Å². The molecule has 1 heterocycles. The standard InChI is InChI=1S/C16H22N6OS2/c1-10(2)17-15(24)19-20-16(25)18-13-11(3)21(4)22(14(13)23)12-8-6-5-7-9-12/h5-10H,1-4H3,(H2,17,19,24)(H2,18,20,25). The molecule has 0 spiro atoms. The average Bonchev–Trinajstić information content (AvgIpc) is 2.77. The van der Waals surface area contributed by atoms with E-state index in [0.717, 1.165) is 11.4 Å². The van der Waals surface area contributed by atoms with E-state index < -0.39 is 0 Å². The summed E-state index contributed by atoms with van der Waals surface area (Å²) in [7, 11) is 1.82. The Kier molecular flexibility index (Phi) is 6.16. The highest BCUT2D eigenvalue weighted by Gasteiger charge is 2.16. The van der Waals surface area contributed by atoms with Crippen molar-refractivity contribution in [3.8, 4) is 5.69 Å². The van der Waals surface area contributed by atoms with Crippen LogP contribution in [0.5, 0.6) is 0 Å². The molecule has 0 aliphatic carbocycles. The molecule has 9 heteroatoms. The van der Waals surface area contributed by atoms with Gasteiger partial charge < -0.3 is 10.6 Å². The highest BCUT2D eigenvalue weighted by atomic mass is 32.1. The molecule has 0 amide bonds. The Labute approximate surface area is 157 Å². The van der Waals surface area contributed by atoms with Crippen molar-refractivity contribution in [3.63, 3.8) is 0 Å². The summed E-state index contributed by atoms with van der Waals surface area (Å²) in [4.78, 5) is 12.8. The Morgan fingerprint density at radius 3 is 2.28 bits per heavy atom. The summed E-state index contributed by atoms with van der Waals surface area (Å²) in [5, 5.41) is 6.63. The van der Waals surface area contributed by atoms with Gasteiger partial charge in [0.25, 0.3) is 5.56 Å². The molecule has 1 aromatic carbocycles. The first kappa shape index (κ1) is 18.9. The number of anilines is 1. The fourth-order valence-corrected chi connectivity index (χ4v) is 2.71. The molecule has 0 unspecified atom stereocenters. The van der Waals surface area contributed by atoms with E-state index in [9.17, 15) is 4.79 Å². The fraction of sp³-hybridized carbons (Fsp3) is 0.312. The first-order valence-electron chi connectivity index (χ1n) is 7.78. The van der Waals surface area contributed by atoms with E-state index in [1.54, 1.807) is 9.36 Å². The van der Waals surface area contributed by atoms with Crippen molar-refractivity contribution >= 4 is 40.3 Å². The highest BCUT2D eigenvalue weighted by Crippen LogP contribution is 2.13. The van der Waals surface area contributed by atoms with E-state index >= 15 is 0 Å². The molecule has 25 heavy (non-hydrogen) atoms. The third kappa shape index (κ3) is 4.58. The summed E-state index contributed by atoms with van der Waals surface area (Å²) in [5.41, 5.74) is 7.32. The zero-order chi connectivity index (χ0) is 18.6. The molecule has 7 nitrogen and oxygen atoms in total. The maximum absolute atomic E-state index is 12.8. The summed E-state index contributed by atoms with van der Waals surface area (Å²) in [6.45, 7) is 5.80. The molecule has 0 aliphatic rings. The van der Waals surface area contributed by atoms with Crippen LogP contribution in [-0.4, -0.2) is 25.6 Å². The van der Waals surface area contributed by atoms with Gasteiger partial charge in [0.1, 0.15) is 5.69 Å². The third-order valence-corrected chi connectivity index (χ3v) is 3.93. The van der Waals surface area contributed by atoms with Gasteiger partial charge in [0, 0.05) is 13.1 Å². The minimum atomic E-state index is -0.182. The van der Waals surface area contributed by atoms with Crippen LogP contribution in [0.1, 0.15) is 19.5 Å². The number of hydrogen-bond acceptors (Lipinski definition) is 3. The molecule has 0 fully saturated rings. The van der Waals surface area contributed by atoms with Crippen molar-refractivity contribution < 1.29 is 0 Å².